The Balaban J connectivity index is 1.52. The van der Waals surface area contributed by atoms with Gasteiger partial charge in [-0.2, -0.15) is 0 Å². The van der Waals surface area contributed by atoms with Crippen LogP contribution in [0.15, 0.2) is 53.0 Å². The Morgan fingerprint density at radius 2 is 1.86 bits per heavy atom. The van der Waals surface area contributed by atoms with E-state index in [1.165, 1.54) is 5.56 Å². The summed E-state index contributed by atoms with van der Waals surface area (Å²) in [5.74, 6) is 0.509. The Morgan fingerprint density at radius 3 is 2.54 bits per heavy atom. The number of likely N-dealkylation sites (N-methyl/N-ethyl adjacent to an activating group) is 1. The second kappa shape index (κ2) is 10.0. The van der Waals surface area contributed by atoms with E-state index < -0.39 is 0 Å². The Hall–Kier alpha value is -1.96. The van der Waals surface area contributed by atoms with Gasteiger partial charge < -0.3 is 14.5 Å². The molecule has 0 aliphatic carbocycles. The molecule has 148 valence electrons. The molecule has 1 aliphatic rings. The summed E-state index contributed by atoms with van der Waals surface area (Å²) in [6, 6.07) is 15.5. The Bertz CT molecular complexity index is 824. The number of carbonyl (C=O) groups is 1. The summed E-state index contributed by atoms with van der Waals surface area (Å²) < 4.78 is 6.59. The first-order valence-electron chi connectivity index (χ1n) is 9.28. The molecule has 2 aromatic rings. The van der Waals surface area contributed by atoms with Crippen molar-refractivity contribution in [1.82, 2.24) is 15.1 Å². The van der Waals surface area contributed by atoms with Crippen molar-refractivity contribution in [2.24, 2.45) is 0 Å². The smallest absolute Gasteiger partial charge is 0.257 e. The first-order chi connectivity index (χ1) is 13.5. The van der Waals surface area contributed by atoms with Crippen molar-refractivity contribution in [3.05, 3.63) is 64.1 Å². The summed E-state index contributed by atoms with van der Waals surface area (Å²) in [7, 11) is 2.08. The summed E-state index contributed by atoms with van der Waals surface area (Å²) in [5, 5.41) is 3.31. The lowest BCUT2D eigenvalue weighted by atomic mass is 10.2. The molecule has 5 nitrogen and oxygen atoms in total. The van der Waals surface area contributed by atoms with Crippen LogP contribution in [0.3, 0.4) is 0 Å². The van der Waals surface area contributed by atoms with Gasteiger partial charge in [0.1, 0.15) is 5.75 Å². The fourth-order valence-corrected chi connectivity index (χ4v) is 3.71. The van der Waals surface area contributed by atoms with Crippen LogP contribution >= 0.6 is 28.1 Å². The van der Waals surface area contributed by atoms with Gasteiger partial charge in [0.2, 0.25) is 0 Å². The van der Waals surface area contributed by atoms with Crippen LogP contribution in [0.25, 0.3) is 0 Å². The third-order valence-corrected chi connectivity index (χ3v) is 5.68. The molecule has 0 aromatic heterocycles. The number of nitrogens with one attached hydrogen (secondary N) is 1. The standard InChI is InChI=1S/C21H24BrN3O2S/c1-24-10-12-25(13-11-24)21(28)23-20(26)17-7-8-19(18(22)15-17)27-14-9-16-5-3-2-4-6-16/h2-8,15H,9-14H2,1H3,(H,23,26,28). The highest BCUT2D eigenvalue weighted by molar-refractivity contribution is 9.10. The zero-order valence-corrected chi connectivity index (χ0v) is 18.3. The van der Waals surface area contributed by atoms with E-state index in [4.69, 9.17) is 17.0 Å². The summed E-state index contributed by atoms with van der Waals surface area (Å²) in [6.07, 6.45) is 0.828. The highest BCUT2D eigenvalue weighted by atomic mass is 79.9. The minimum atomic E-state index is -0.208. The minimum absolute atomic E-state index is 0.208. The van der Waals surface area contributed by atoms with E-state index in [1.54, 1.807) is 12.1 Å². The van der Waals surface area contributed by atoms with Crippen LogP contribution in [0, 0.1) is 0 Å². The van der Waals surface area contributed by atoms with Gasteiger partial charge in [-0.3, -0.25) is 10.1 Å². The second-order valence-electron chi connectivity index (χ2n) is 6.78. The number of ether oxygens (including phenoxy) is 1. The van der Waals surface area contributed by atoms with Crippen LogP contribution in [0.2, 0.25) is 0 Å². The quantitative estimate of drug-likeness (QED) is 0.691. The van der Waals surface area contributed by atoms with Gasteiger partial charge in [0.25, 0.3) is 5.91 Å². The number of hydrogen-bond donors (Lipinski definition) is 1. The number of piperazine rings is 1. The van der Waals surface area contributed by atoms with Gasteiger partial charge in [-0.1, -0.05) is 30.3 Å². The number of halogens is 1. The van der Waals surface area contributed by atoms with Crippen LogP contribution < -0.4 is 10.1 Å². The lowest BCUT2D eigenvalue weighted by Gasteiger charge is -2.33. The summed E-state index contributed by atoms with van der Waals surface area (Å²) >= 11 is 8.89. The zero-order valence-electron chi connectivity index (χ0n) is 15.9. The predicted molar refractivity (Wildman–Crippen MR) is 119 cm³/mol. The first-order valence-corrected chi connectivity index (χ1v) is 10.5. The SMILES string of the molecule is CN1CCN(C(=S)NC(=O)c2ccc(OCCc3ccccc3)c(Br)c2)CC1. The summed E-state index contributed by atoms with van der Waals surface area (Å²) in [6.45, 7) is 4.11. The number of amides is 1. The lowest BCUT2D eigenvalue weighted by molar-refractivity contribution is 0.0970. The van der Waals surface area contributed by atoms with Crippen LogP contribution in [-0.4, -0.2) is 60.7 Å². The number of hydrogen-bond acceptors (Lipinski definition) is 4. The Labute approximate surface area is 179 Å². The van der Waals surface area contributed by atoms with E-state index in [1.807, 2.05) is 29.2 Å². The molecule has 0 bridgehead atoms. The highest BCUT2D eigenvalue weighted by Crippen LogP contribution is 2.26. The van der Waals surface area contributed by atoms with Gasteiger partial charge in [-0.25, -0.2) is 0 Å². The van der Waals surface area contributed by atoms with Crippen molar-refractivity contribution < 1.29 is 9.53 Å². The monoisotopic (exact) mass is 461 g/mol. The van der Waals surface area contributed by atoms with Gasteiger partial charge in [0.15, 0.2) is 5.11 Å². The first kappa shape index (κ1) is 20.8. The maximum absolute atomic E-state index is 12.5. The van der Waals surface area contributed by atoms with E-state index in [9.17, 15) is 4.79 Å². The van der Waals surface area contributed by atoms with Crippen LogP contribution in [0.4, 0.5) is 0 Å². The molecule has 1 saturated heterocycles. The Morgan fingerprint density at radius 1 is 1.14 bits per heavy atom. The molecule has 0 saturated carbocycles. The fourth-order valence-electron chi connectivity index (χ4n) is 2.94. The molecule has 0 radical (unpaired) electrons. The number of rotatable bonds is 5. The summed E-state index contributed by atoms with van der Waals surface area (Å²) in [5.41, 5.74) is 1.77. The lowest BCUT2D eigenvalue weighted by Crippen LogP contribution is -2.51. The topological polar surface area (TPSA) is 44.8 Å². The molecule has 3 rings (SSSR count). The van der Waals surface area contributed by atoms with E-state index in [2.05, 4.69) is 45.3 Å². The molecule has 0 atom stereocenters. The Kier molecular flexibility index (Phi) is 7.42. The molecule has 1 amide bonds. The number of benzene rings is 2. The van der Waals surface area contributed by atoms with Gasteiger partial charge in [0.05, 0.1) is 11.1 Å². The number of carbonyl (C=O) groups excluding carboxylic acids is 1. The van der Waals surface area contributed by atoms with E-state index >= 15 is 0 Å². The maximum atomic E-state index is 12.5. The molecule has 28 heavy (non-hydrogen) atoms. The van der Waals surface area contributed by atoms with Crippen molar-refractivity contribution in [2.75, 3.05) is 39.8 Å². The van der Waals surface area contributed by atoms with Crippen molar-refractivity contribution in [3.8, 4) is 5.75 Å². The second-order valence-corrected chi connectivity index (χ2v) is 8.02. The molecular weight excluding hydrogens is 438 g/mol. The van der Waals surface area contributed by atoms with Gasteiger partial charge in [0, 0.05) is 38.2 Å². The molecule has 1 heterocycles. The normalized spacial score (nSPS) is 14.6. The van der Waals surface area contributed by atoms with Gasteiger partial charge >= 0.3 is 0 Å². The summed E-state index contributed by atoms with van der Waals surface area (Å²) in [4.78, 5) is 16.8. The van der Waals surface area contributed by atoms with E-state index in [-0.39, 0.29) is 5.91 Å². The predicted octanol–water partition coefficient (Wildman–Crippen LogP) is 3.33. The fraction of sp³-hybridized carbons (Fsp3) is 0.333. The molecular formula is C21H24BrN3O2S. The number of thiocarbonyl (C=S) groups is 1. The third kappa shape index (κ3) is 5.77. The average Bonchev–Trinajstić information content (AvgIpc) is 2.70. The highest BCUT2D eigenvalue weighted by Gasteiger charge is 2.19. The molecule has 0 unspecified atom stereocenters. The minimum Gasteiger partial charge on any atom is -0.492 e. The van der Waals surface area contributed by atoms with Crippen molar-refractivity contribution in [1.29, 1.82) is 0 Å². The van der Waals surface area contributed by atoms with E-state index in [0.29, 0.717) is 23.0 Å². The van der Waals surface area contributed by atoms with Gasteiger partial charge in [-0.05, 0) is 59.0 Å². The van der Waals surface area contributed by atoms with Crippen LogP contribution in [-0.2, 0) is 6.42 Å². The van der Waals surface area contributed by atoms with E-state index in [0.717, 1.165) is 37.1 Å². The van der Waals surface area contributed by atoms with Crippen LogP contribution in [0.5, 0.6) is 5.75 Å². The van der Waals surface area contributed by atoms with Crippen molar-refractivity contribution in [3.63, 3.8) is 0 Å². The number of nitrogens with zero attached hydrogens (tertiary/aromatic N) is 2. The molecule has 1 aliphatic heterocycles. The van der Waals surface area contributed by atoms with Crippen LogP contribution in [0.1, 0.15) is 15.9 Å². The molecule has 1 fully saturated rings. The van der Waals surface area contributed by atoms with Crippen molar-refractivity contribution in [2.45, 2.75) is 6.42 Å². The maximum Gasteiger partial charge on any atom is 0.257 e. The largest absolute Gasteiger partial charge is 0.492 e. The molecule has 0 spiro atoms. The average molecular weight is 462 g/mol. The molecule has 2 aromatic carbocycles. The van der Waals surface area contributed by atoms with Gasteiger partial charge in [-0.15, -0.1) is 0 Å². The molecule has 7 heteroatoms. The van der Waals surface area contributed by atoms with Crippen molar-refractivity contribution >= 4 is 39.2 Å². The molecule has 1 N–H and O–H groups in total. The third-order valence-electron chi connectivity index (χ3n) is 4.70. The zero-order chi connectivity index (χ0) is 19.9.